The molecule has 1 aromatic carbocycles. The van der Waals surface area contributed by atoms with Crippen molar-refractivity contribution < 1.29 is 4.74 Å². The fourth-order valence-corrected chi connectivity index (χ4v) is 3.22. The van der Waals surface area contributed by atoms with Crippen molar-refractivity contribution in [2.75, 3.05) is 7.11 Å². The zero-order chi connectivity index (χ0) is 13.7. The van der Waals surface area contributed by atoms with Gasteiger partial charge in [-0.25, -0.2) is 0 Å². The van der Waals surface area contributed by atoms with Crippen molar-refractivity contribution in [1.29, 1.82) is 0 Å². The Morgan fingerprint density at radius 3 is 2.89 bits per heavy atom. The third kappa shape index (κ3) is 3.79. The molecule has 2 rings (SSSR count). The molecule has 1 aromatic heterocycles. The highest BCUT2D eigenvalue weighted by atomic mass is 79.9. The van der Waals surface area contributed by atoms with Gasteiger partial charge < -0.3 is 4.74 Å². The lowest BCUT2D eigenvalue weighted by Gasteiger charge is -2.18. The number of thiophene rings is 1. The Morgan fingerprint density at radius 1 is 1.42 bits per heavy atom. The van der Waals surface area contributed by atoms with Crippen LogP contribution in [0.25, 0.3) is 0 Å². The second kappa shape index (κ2) is 7.05. The highest BCUT2D eigenvalue weighted by Crippen LogP contribution is 2.30. The molecule has 0 aliphatic heterocycles. The molecule has 1 unspecified atom stereocenters. The molecule has 0 spiro atoms. The van der Waals surface area contributed by atoms with Crippen LogP contribution in [0.2, 0.25) is 0 Å². The molecule has 19 heavy (non-hydrogen) atoms. The Balaban J connectivity index is 2.12. The van der Waals surface area contributed by atoms with Gasteiger partial charge in [0.2, 0.25) is 0 Å². The minimum absolute atomic E-state index is 0.101. The van der Waals surface area contributed by atoms with E-state index in [9.17, 15) is 0 Å². The van der Waals surface area contributed by atoms with Crippen LogP contribution in [0.3, 0.4) is 0 Å². The minimum atomic E-state index is 0.101. The number of aryl methyl sites for hydroxylation is 1. The maximum atomic E-state index is 5.70. The first-order valence-corrected chi connectivity index (χ1v) is 7.79. The average Bonchev–Trinajstić information content (AvgIpc) is 2.94. The SMILES string of the molecule is COc1ccc(Br)c(C(CCc2ccsc2)NN)c1. The molecule has 0 saturated heterocycles. The average molecular weight is 341 g/mol. The zero-order valence-corrected chi connectivity index (χ0v) is 13.1. The van der Waals surface area contributed by atoms with Gasteiger partial charge in [-0.1, -0.05) is 15.9 Å². The van der Waals surface area contributed by atoms with E-state index < -0.39 is 0 Å². The summed E-state index contributed by atoms with van der Waals surface area (Å²) in [6.07, 6.45) is 1.95. The number of rotatable bonds is 6. The smallest absolute Gasteiger partial charge is 0.119 e. The van der Waals surface area contributed by atoms with Crippen molar-refractivity contribution in [3.63, 3.8) is 0 Å². The lowest BCUT2D eigenvalue weighted by molar-refractivity contribution is 0.412. The van der Waals surface area contributed by atoms with Crippen molar-refractivity contribution in [2.24, 2.45) is 5.84 Å². The van der Waals surface area contributed by atoms with Crippen LogP contribution < -0.4 is 16.0 Å². The lowest BCUT2D eigenvalue weighted by Crippen LogP contribution is -2.28. The molecule has 5 heteroatoms. The van der Waals surface area contributed by atoms with Crippen LogP contribution in [0.15, 0.2) is 39.5 Å². The van der Waals surface area contributed by atoms with Crippen LogP contribution in [-0.2, 0) is 6.42 Å². The molecular formula is C14H17BrN2OS. The molecule has 0 aliphatic carbocycles. The summed E-state index contributed by atoms with van der Waals surface area (Å²) in [7, 11) is 1.67. The van der Waals surface area contributed by atoms with Crippen LogP contribution in [0.1, 0.15) is 23.6 Å². The summed E-state index contributed by atoms with van der Waals surface area (Å²) in [6, 6.07) is 8.19. The van der Waals surface area contributed by atoms with Gasteiger partial charge in [0.15, 0.2) is 0 Å². The van der Waals surface area contributed by atoms with Crippen LogP contribution >= 0.6 is 27.3 Å². The molecule has 1 heterocycles. The summed E-state index contributed by atoms with van der Waals surface area (Å²) >= 11 is 5.29. The van der Waals surface area contributed by atoms with E-state index in [-0.39, 0.29) is 6.04 Å². The Labute approximate surface area is 125 Å². The Bertz CT molecular complexity index is 516. The van der Waals surface area contributed by atoms with Crippen LogP contribution in [-0.4, -0.2) is 7.11 Å². The number of benzene rings is 1. The first kappa shape index (κ1) is 14.5. The van der Waals surface area contributed by atoms with Crippen molar-refractivity contribution in [3.8, 4) is 5.75 Å². The van der Waals surface area contributed by atoms with Gasteiger partial charge in [-0.2, -0.15) is 11.3 Å². The van der Waals surface area contributed by atoms with Gasteiger partial charge >= 0.3 is 0 Å². The van der Waals surface area contributed by atoms with Gasteiger partial charge in [-0.15, -0.1) is 0 Å². The molecule has 1 atom stereocenters. The summed E-state index contributed by atoms with van der Waals surface area (Å²) in [4.78, 5) is 0. The fraction of sp³-hybridized carbons (Fsp3) is 0.286. The van der Waals surface area contributed by atoms with E-state index in [0.717, 1.165) is 28.6 Å². The van der Waals surface area contributed by atoms with E-state index in [0.29, 0.717) is 0 Å². The molecule has 0 saturated carbocycles. The number of ether oxygens (including phenoxy) is 1. The van der Waals surface area contributed by atoms with Crippen molar-refractivity contribution in [2.45, 2.75) is 18.9 Å². The van der Waals surface area contributed by atoms with Crippen molar-refractivity contribution >= 4 is 27.3 Å². The summed E-state index contributed by atoms with van der Waals surface area (Å²) in [6.45, 7) is 0. The van der Waals surface area contributed by atoms with Crippen LogP contribution in [0.4, 0.5) is 0 Å². The van der Waals surface area contributed by atoms with Gasteiger partial charge in [-0.05, 0) is 59.0 Å². The standard InChI is InChI=1S/C14H17BrN2OS/c1-18-11-3-4-13(15)12(8-11)14(17-16)5-2-10-6-7-19-9-10/h3-4,6-9,14,17H,2,5,16H2,1H3. The highest BCUT2D eigenvalue weighted by molar-refractivity contribution is 9.10. The maximum Gasteiger partial charge on any atom is 0.119 e. The second-order valence-electron chi connectivity index (χ2n) is 4.28. The van der Waals surface area contributed by atoms with E-state index in [1.807, 2.05) is 18.2 Å². The number of methoxy groups -OCH3 is 1. The van der Waals surface area contributed by atoms with Gasteiger partial charge in [-0.3, -0.25) is 11.3 Å². The molecule has 102 valence electrons. The van der Waals surface area contributed by atoms with Gasteiger partial charge in [0.05, 0.1) is 7.11 Å². The third-order valence-electron chi connectivity index (χ3n) is 3.08. The van der Waals surface area contributed by atoms with Crippen LogP contribution in [0, 0.1) is 0 Å². The number of hydrogen-bond donors (Lipinski definition) is 2. The second-order valence-corrected chi connectivity index (χ2v) is 5.91. The van der Waals surface area contributed by atoms with E-state index in [1.165, 1.54) is 5.56 Å². The number of nitrogens with two attached hydrogens (primary N) is 1. The Kier molecular flexibility index (Phi) is 5.39. The molecule has 2 aromatic rings. The molecule has 0 fully saturated rings. The monoisotopic (exact) mass is 340 g/mol. The quantitative estimate of drug-likeness (QED) is 0.623. The molecule has 3 nitrogen and oxygen atoms in total. The molecule has 0 bridgehead atoms. The van der Waals surface area contributed by atoms with E-state index in [2.05, 4.69) is 38.2 Å². The molecule has 0 aliphatic rings. The third-order valence-corrected chi connectivity index (χ3v) is 4.54. The largest absolute Gasteiger partial charge is 0.497 e. The van der Waals surface area contributed by atoms with Gasteiger partial charge in [0, 0.05) is 10.5 Å². The minimum Gasteiger partial charge on any atom is -0.497 e. The number of halogens is 1. The summed E-state index contributed by atoms with van der Waals surface area (Å²) in [5.74, 6) is 6.54. The normalized spacial score (nSPS) is 12.4. The molecular weight excluding hydrogens is 324 g/mol. The lowest BCUT2D eigenvalue weighted by atomic mass is 10.0. The maximum absolute atomic E-state index is 5.70. The summed E-state index contributed by atoms with van der Waals surface area (Å²) < 4.78 is 6.31. The van der Waals surface area contributed by atoms with Gasteiger partial charge in [0.1, 0.15) is 5.75 Å². The summed E-state index contributed by atoms with van der Waals surface area (Å²) in [5.41, 5.74) is 5.36. The van der Waals surface area contributed by atoms with E-state index in [1.54, 1.807) is 18.4 Å². The predicted molar refractivity (Wildman–Crippen MR) is 83.4 cm³/mol. The first-order chi connectivity index (χ1) is 9.24. The van der Waals surface area contributed by atoms with Crippen LogP contribution in [0.5, 0.6) is 5.75 Å². The molecule has 3 N–H and O–H groups in total. The van der Waals surface area contributed by atoms with Gasteiger partial charge in [0.25, 0.3) is 0 Å². The highest BCUT2D eigenvalue weighted by Gasteiger charge is 2.14. The number of hydrogen-bond acceptors (Lipinski definition) is 4. The molecule has 0 amide bonds. The first-order valence-electron chi connectivity index (χ1n) is 6.05. The van der Waals surface area contributed by atoms with Crippen molar-refractivity contribution in [1.82, 2.24) is 5.43 Å². The zero-order valence-electron chi connectivity index (χ0n) is 10.7. The number of hydrazine groups is 1. The van der Waals surface area contributed by atoms with E-state index >= 15 is 0 Å². The fourth-order valence-electron chi connectivity index (χ4n) is 1.99. The van der Waals surface area contributed by atoms with Crippen molar-refractivity contribution in [3.05, 3.63) is 50.6 Å². The summed E-state index contributed by atoms with van der Waals surface area (Å²) in [5, 5.41) is 4.27. The number of nitrogens with one attached hydrogen (secondary N) is 1. The van der Waals surface area contributed by atoms with E-state index in [4.69, 9.17) is 10.6 Å². The molecule has 0 radical (unpaired) electrons. The topological polar surface area (TPSA) is 47.3 Å². The Hall–Kier alpha value is -0.880. The predicted octanol–water partition coefficient (Wildman–Crippen LogP) is 3.66. The Morgan fingerprint density at radius 2 is 2.26 bits per heavy atom.